The van der Waals surface area contributed by atoms with E-state index in [2.05, 4.69) is 10.6 Å². The Balaban J connectivity index is 0.00000264. The Kier molecular flexibility index (Phi) is 7.77. The molecule has 0 saturated carbocycles. The Bertz CT molecular complexity index is 518. The van der Waals surface area contributed by atoms with Crippen LogP contribution in [0.15, 0.2) is 24.3 Å². The number of benzene rings is 1. The SMILES string of the molecule is CCN(C(=O)NCc1ccc([N+](=O)[O-])cc1)C1CCNCC1.Cl. The van der Waals surface area contributed by atoms with E-state index in [9.17, 15) is 14.9 Å². The van der Waals surface area contributed by atoms with Crippen LogP contribution in [0.25, 0.3) is 0 Å². The summed E-state index contributed by atoms with van der Waals surface area (Å²) in [5.41, 5.74) is 0.903. The lowest BCUT2D eigenvalue weighted by Crippen LogP contribution is -2.49. The van der Waals surface area contributed by atoms with Crippen molar-refractivity contribution in [3.63, 3.8) is 0 Å². The van der Waals surface area contributed by atoms with E-state index in [1.165, 1.54) is 12.1 Å². The van der Waals surface area contributed by atoms with Crippen molar-refractivity contribution in [3.05, 3.63) is 39.9 Å². The third-order valence-corrected chi connectivity index (χ3v) is 3.94. The number of nitrogens with one attached hydrogen (secondary N) is 2. The fraction of sp³-hybridized carbons (Fsp3) is 0.533. The number of carbonyl (C=O) groups excluding carboxylic acids is 1. The summed E-state index contributed by atoms with van der Waals surface area (Å²) in [4.78, 5) is 24.3. The van der Waals surface area contributed by atoms with Gasteiger partial charge in [0.1, 0.15) is 0 Å². The predicted molar refractivity (Wildman–Crippen MR) is 90.9 cm³/mol. The van der Waals surface area contributed by atoms with Gasteiger partial charge < -0.3 is 15.5 Å². The lowest BCUT2D eigenvalue weighted by atomic mass is 10.1. The maximum Gasteiger partial charge on any atom is 0.317 e. The quantitative estimate of drug-likeness (QED) is 0.635. The number of piperidine rings is 1. The van der Waals surface area contributed by atoms with Crippen LogP contribution in [0.5, 0.6) is 0 Å². The molecule has 0 aliphatic carbocycles. The van der Waals surface area contributed by atoms with Crippen molar-refractivity contribution in [2.24, 2.45) is 0 Å². The van der Waals surface area contributed by atoms with Gasteiger partial charge in [-0.1, -0.05) is 12.1 Å². The highest BCUT2D eigenvalue weighted by atomic mass is 35.5. The molecule has 1 aliphatic rings. The smallest absolute Gasteiger partial charge is 0.317 e. The highest BCUT2D eigenvalue weighted by Crippen LogP contribution is 2.13. The molecule has 1 aliphatic heterocycles. The molecule has 23 heavy (non-hydrogen) atoms. The number of halogens is 1. The van der Waals surface area contributed by atoms with Crippen LogP contribution >= 0.6 is 12.4 Å². The van der Waals surface area contributed by atoms with Crippen LogP contribution in [-0.4, -0.2) is 41.5 Å². The predicted octanol–water partition coefficient (Wildman–Crippen LogP) is 2.30. The summed E-state index contributed by atoms with van der Waals surface area (Å²) in [6, 6.07) is 6.44. The maximum atomic E-state index is 12.3. The third-order valence-electron chi connectivity index (χ3n) is 3.94. The third kappa shape index (κ3) is 5.37. The molecule has 1 saturated heterocycles. The van der Waals surface area contributed by atoms with Crippen LogP contribution in [-0.2, 0) is 6.54 Å². The molecule has 8 heteroatoms. The van der Waals surface area contributed by atoms with Crippen molar-refractivity contribution in [2.75, 3.05) is 19.6 Å². The molecule has 128 valence electrons. The van der Waals surface area contributed by atoms with Gasteiger partial charge in [0.25, 0.3) is 5.69 Å². The van der Waals surface area contributed by atoms with Crippen LogP contribution in [0.2, 0.25) is 0 Å². The van der Waals surface area contributed by atoms with Crippen molar-refractivity contribution < 1.29 is 9.72 Å². The standard InChI is InChI=1S/C15H22N4O3.ClH/c1-2-18(13-7-9-16-10-8-13)15(20)17-11-12-3-5-14(6-4-12)19(21)22;/h3-6,13,16H,2,7-11H2,1H3,(H,17,20);1H. The van der Waals surface area contributed by atoms with Crippen molar-refractivity contribution in [3.8, 4) is 0 Å². The zero-order valence-corrected chi connectivity index (χ0v) is 14.0. The lowest BCUT2D eigenvalue weighted by Gasteiger charge is -2.33. The average Bonchev–Trinajstić information content (AvgIpc) is 2.55. The van der Waals surface area contributed by atoms with Gasteiger partial charge >= 0.3 is 6.03 Å². The second-order valence-corrected chi connectivity index (χ2v) is 5.35. The van der Waals surface area contributed by atoms with Crippen LogP contribution in [0.1, 0.15) is 25.3 Å². The fourth-order valence-corrected chi connectivity index (χ4v) is 2.70. The van der Waals surface area contributed by atoms with Crippen LogP contribution < -0.4 is 10.6 Å². The first-order valence-electron chi connectivity index (χ1n) is 7.60. The molecule has 0 aromatic heterocycles. The van der Waals surface area contributed by atoms with E-state index >= 15 is 0 Å². The highest BCUT2D eigenvalue weighted by Gasteiger charge is 2.23. The van der Waals surface area contributed by atoms with Gasteiger partial charge in [0.05, 0.1) is 4.92 Å². The number of urea groups is 1. The van der Waals surface area contributed by atoms with Crippen LogP contribution in [0.4, 0.5) is 10.5 Å². The van der Waals surface area contributed by atoms with E-state index < -0.39 is 4.92 Å². The summed E-state index contributed by atoms with van der Waals surface area (Å²) in [5, 5.41) is 16.8. The van der Waals surface area contributed by atoms with Crippen molar-refractivity contribution >= 4 is 24.1 Å². The van der Waals surface area contributed by atoms with Gasteiger partial charge in [0.15, 0.2) is 0 Å². The molecule has 2 N–H and O–H groups in total. The van der Waals surface area contributed by atoms with Gasteiger partial charge in [-0.3, -0.25) is 10.1 Å². The maximum absolute atomic E-state index is 12.3. The Morgan fingerprint density at radius 1 is 1.35 bits per heavy atom. The molecule has 0 atom stereocenters. The first-order valence-corrected chi connectivity index (χ1v) is 7.60. The van der Waals surface area contributed by atoms with E-state index in [1.54, 1.807) is 12.1 Å². The number of nitrogens with zero attached hydrogens (tertiary/aromatic N) is 2. The first-order chi connectivity index (χ1) is 10.6. The largest absolute Gasteiger partial charge is 0.334 e. The molecule has 1 heterocycles. The van der Waals surface area contributed by atoms with E-state index in [-0.39, 0.29) is 30.2 Å². The van der Waals surface area contributed by atoms with Gasteiger partial charge in [0, 0.05) is 31.3 Å². The summed E-state index contributed by atoms with van der Waals surface area (Å²) in [6.07, 6.45) is 1.94. The number of hydrogen-bond donors (Lipinski definition) is 2. The second-order valence-electron chi connectivity index (χ2n) is 5.35. The minimum Gasteiger partial charge on any atom is -0.334 e. The fourth-order valence-electron chi connectivity index (χ4n) is 2.70. The van der Waals surface area contributed by atoms with E-state index in [4.69, 9.17) is 0 Å². The number of non-ortho nitro benzene ring substituents is 1. The Labute approximate surface area is 142 Å². The molecule has 1 aromatic carbocycles. The molecule has 2 amide bonds. The molecule has 0 unspecified atom stereocenters. The normalized spacial score (nSPS) is 14.7. The van der Waals surface area contributed by atoms with E-state index in [0.717, 1.165) is 31.5 Å². The molecule has 0 radical (unpaired) electrons. The van der Waals surface area contributed by atoms with Crippen molar-refractivity contribution in [1.82, 2.24) is 15.5 Å². The molecule has 2 rings (SSSR count). The number of hydrogen-bond acceptors (Lipinski definition) is 4. The number of nitro groups is 1. The molecule has 7 nitrogen and oxygen atoms in total. The van der Waals surface area contributed by atoms with Crippen LogP contribution in [0.3, 0.4) is 0 Å². The summed E-state index contributed by atoms with van der Waals surface area (Å²) in [5.74, 6) is 0. The summed E-state index contributed by atoms with van der Waals surface area (Å²) in [6.45, 7) is 4.91. The topological polar surface area (TPSA) is 87.5 Å². The lowest BCUT2D eigenvalue weighted by molar-refractivity contribution is -0.384. The number of carbonyl (C=O) groups is 1. The molecular formula is C15H23ClN4O3. The average molecular weight is 343 g/mol. The molecular weight excluding hydrogens is 320 g/mol. The zero-order valence-electron chi connectivity index (χ0n) is 13.2. The number of rotatable bonds is 5. The van der Waals surface area contributed by atoms with Gasteiger partial charge in [-0.05, 0) is 38.4 Å². The van der Waals surface area contributed by atoms with Crippen LogP contribution in [0, 0.1) is 10.1 Å². The van der Waals surface area contributed by atoms with Gasteiger partial charge in [-0.15, -0.1) is 12.4 Å². The van der Waals surface area contributed by atoms with Gasteiger partial charge in [-0.25, -0.2) is 4.79 Å². The van der Waals surface area contributed by atoms with Gasteiger partial charge in [0.2, 0.25) is 0 Å². The Morgan fingerprint density at radius 3 is 2.48 bits per heavy atom. The monoisotopic (exact) mass is 342 g/mol. The van der Waals surface area contributed by atoms with Crippen molar-refractivity contribution in [2.45, 2.75) is 32.4 Å². The zero-order chi connectivity index (χ0) is 15.9. The van der Waals surface area contributed by atoms with Gasteiger partial charge in [-0.2, -0.15) is 0 Å². The number of nitro benzene ring substituents is 1. The van der Waals surface area contributed by atoms with E-state index in [1.807, 2.05) is 11.8 Å². The summed E-state index contributed by atoms with van der Waals surface area (Å²) >= 11 is 0. The Morgan fingerprint density at radius 2 is 1.96 bits per heavy atom. The minimum atomic E-state index is -0.432. The minimum absolute atomic E-state index is 0. The number of amides is 2. The molecule has 0 bridgehead atoms. The molecule has 1 aromatic rings. The second kappa shape index (κ2) is 9.32. The van der Waals surface area contributed by atoms with E-state index in [0.29, 0.717) is 13.1 Å². The summed E-state index contributed by atoms with van der Waals surface area (Å²) in [7, 11) is 0. The van der Waals surface area contributed by atoms with Crippen molar-refractivity contribution in [1.29, 1.82) is 0 Å². The highest BCUT2D eigenvalue weighted by molar-refractivity contribution is 5.85. The Hall–Kier alpha value is -1.86. The molecule has 0 spiro atoms. The molecule has 1 fully saturated rings. The summed E-state index contributed by atoms with van der Waals surface area (Å²) < 4.78 is 0. The first kappa shape index (κ1) is 19.2.